The molecule has 1 amide bonds. The van der Waals surface area contributed by atoms with Crippen LogP contribution in [0.1, 0.15) is 56.1 Å². The lowest BCUT2D eigenvalue weighted by Crippen LogP contribution is -2.52. The third kappa shape index (κ3) is 1.68. The van der Waals surface area contributed by atoms with Gasteiger partial charge in [-0.1, -0.05) is 20.8 Å². The standard InChI is InChI=1S/C15H24N4O/c1-8-10(11(16)19-18-8)12(20)17-13-14(2,3)9-5-6-15(13,4)7-9/h9,13H,5-7H2,1-4H3,(H,17,20)(H3,16,18,19). The van der Waals surface area contributed by atoms with Crippen molar-refractivity contribution in [3.05, 3.63) is 11.3 Å². The first-order valence-corrected chi connectivity index (χ1v) is 7.37. The molecule has 4 N–H and O–H groups in total. The average molecular weight is 276 g/mol. The van der Waals surface area contributed by atoms with Gasteiger partial charge in [-0.2, -0.15) is 5.10 Å². The van der Waals surface area contributed by atoms with Gasteiger partial charge in [-0.15, -0.1) is 0 Å². The first kappa shape index (κ1) is 13.5. The Kier molecular flexibility index (Phi) is 2.69. The molecule has 5 nitrogen and oxygen atoms in total. The highest BCUT2D eigenvalue weighted by Crippen LogP contribution is 2.62. The van der Waals surface area contributed by atoms with E-state index in [1.54, 1.807) is 0 Å². The number of rotatable bonds is 2. The van der Waals surface area contributed by atoms with Crippen LogP contribution in [0.4, 0.5) is 5.82 Å². The summed E-state index contributed by atoms with van der Waals surface area (Å²) >= 11 is 0. The van der Waals surface area contributed by atoms with Crippen molar-refractivity contribution >= 4 is 11.7 Å². The van der Waals surface area contributed by atoms with Crippen molar-refractivity contribution in [3.63, 3.8) is 0 Å². The predicted molar refractivity (Wildman–Crippen MR) is 78.2 cm³/mol. The number of aryl methyl sites for hydroxylation is 1. The zero-order valence-electron chi connectivity index (χ0n) is 12.7. The number of nitrogens with two attached hydrogens (primary N) is 1. The molecule has 0 aliphatic heterocycles. The van der Waals surface area contributed by atoms with Gasteiger partial charge in [-0.05, 0) is 42.9 Å². The third-order valence-electron chi connectivity index (χ3n) is 5.75. The highest BCUT2D eigenvalue weighted by Gasteiger charge is 2.59. The maximum atomic E-state index is 12.6. The number of amides is 1. The van der Waals surface area contributed by atoms with E-state index in [9.17, 15) is 4.79 Å². The van der Waals surface area contributed by atoms with Gasteiger partial charge >= 0.3 is 0 Å². The number of aromatic amines is 1. The second-order valence-corrected chi connectivity index (χ2v) is 7.43. The van der Waals surface area contributed by atoms with Crippen molar-refractivity contribution in [1.29, 1.82) is 0 Å². The van der Waals surface area contributed by atoms with Gasteiger partial charge in [0.05, 0.1) is 0 Å². The SMILES string of the molecule is Cc1[nH]nc(N)c1C(=O)NC1C2(C)CCC(C2)C1(C)C. The van der Waals surface area contributed by atoms with Crippen LogP contribution in [0.3, 0.4) is 0 Å². The Morgan fingerprint density at radius 3 is 2.65 bits per heavy atom. The summed E-state index contributed by atoms with van der Waals surface area (Å²) in [5, 5.41) is 9.92. The average Bonchev–Trinajstić information content (AvgIpc) is 2.95. The monoisotopic (exact) mass is 276 g/mol. The number of aromatic nitrogens is 2. The number of H-pyrrole nitrogens is 1. The van der Waals surface area contributed by atoms with Crippen molar-refractivity contribution in [2.75, 3.05) is 5.73 Å². The van der Waals surface area contributed by atoms with Crippen molar-refractivity contribution in [1.82, 2.24) is 15.5 Å². The number of fused-ring (bicyclic) bond motifs is 2. The smallest absolute Gasteiger partial charge is 0.257 e. The third-order valence-corrected chi connectivity index (χ3v) is 5.75. The molecule has 1 aromatic heterocycles. The van der Waals surface area contributed by atoms with Crippen LogP contribution in [0.2, 0.25) is 0 Å². The summed E-state index contributed by atoms with van der Waals surface area (Å²) in [6, 6.07) is 0.204. The van der Waals surface area contributed by atoms with E-state index in [2.05, 4.69) is 36.3 Å². The second-order valence-electron chi connectivity index (χ2n) is 7.43. The highest BCUT2D eigenvalue weighted by molar-refractivity contribution is 5.99. The zero-order valence-corrected chi connectivity index (χ0v) is 12.7. The van der Waals surface area contributed by atoms with Crippen LogP contribution in [-0.4, -0.2) is 22.1 Å². The molecule has 3 rings (SSSR count). The molecular weight excluding hydrogens is 252 g/mol. The molecule has 2 fully saturated rings. The van der Waals surface area contributed by atoms with Crippen LogP contribution in [0, 0.1) is 23.7 Å². The molecule has 1 heterocycles. The van der Waals surface area contributed by atoms with Crippen molar-refractivity contribution in [3.8, 4) is 0 Å². The minimum atomic E-state index is -0.0967. The minimum absolute atomic E-state index is 0.0967. The molecule has 2 aliphatic rings. The van der Waals surface area contributed by atoms with E-state index in [0.717, 1.165) is 5.69 Å². The summed E-state index contributed by atoms with van der Waals surface area (Å²) in [4.78, 5) is 12.6. The van der Waals surface area contributed by atoms with Crippen LogP contribution in [0.5, 0.6) is 0 Å². The number of nitrogens with one attached hydrogen (secondary N) is 2. The first-order valence-electron chi connectivity index (χ1n) is 7.37. The molecule has 110 valence electrons. The Morgan fingerprint density at radius 2 is 2.15 bits per heavy atom. The quantitative estimate of drug-likeness (QED) is 0.774. The Bertz CT molecular complexity index is 538. The maximum Gasteiger partial charge on any atom is 0.257 e. The summed E-state index contributed by atoms with van der Waals surface area (Å²) in [5.41, 5.74) is 7.38. The molecule has 20 heavy (non-hydrogen) atoms. The lowest BCUT2D eigenvalue weighted by atomic mass is 9.68. The molecule has 0 spiro atoms. The number of anilines is 1. The van der Waals surface area contributed by atoms with Crippen LogP contribution in [0.25, 0.3) is 0 Å². The highest BCUT2D eigenvalue weighted by atomic mass is 16.1. The van der Waals surface area contributed by atoms with Crippen LogP contribution < -0.4 is 11.1 Å². The van der Waals surface area contributed by atoms with Gasteiger partial charge in [0.1, 0.15) is 5.56 Å². The first-order chi connectivity index (χ1) is 9.25. The topological polar surface area (TPSA) is 83.8 Å². The Balaban J connectivity index is 1.86. The zero-order chi connectivity index (χ0) is 14.7. The molecule has 2 bridgehead atoms. The summed E-state index contributed by atoms with van der Waals surface area (Å²) in [5.74, 6) is 0.896. The molecule has 0 radical (unpaired) electrons. The molecule has 0 aromatic carbocycles. The largest absolute Gasteiger partial charge is 0.382 e. The fourth-order valence-corrected chi connectivity index (χ4v) is 4.60. The number of hydrogen-bond acceptors (Lipinski definition) is 3. The maximum absolute atomic E-state index is 12.6. The van der Waals surface area contributed by atoms with E-state index < -0.39 is 0 Å². The second kappa shape index (κ2) is 3.99. The molecule has 2 aliphatic carbocycles. The fourth-order valence-electron chi connectivity index (χ4n) is 4.60. The van der Waals surface area contributed by atoms with Gasteiger partial charge in [0.15, 0.2) is 5.82 Å². The Hall–Kier alpha value is -1.52. The Morgan fingerprint density at radius 1 is 1.45 bits per heavy atom. The minimum Gasteiger partial charge on any atom is -0.382 e. The summed E-state index contributed by atoms with van der Waals surface area (Å²) in [7, 11) is 0. The number of nitrogens with zero attached hydrogens (tertiary/aromatic N) is 1. The van der Waals surface area contributed by atoms with Gasteiger partial charge in [-0.25, -0.2) is 0 Å². The number of carbonyl (C=O) groups is 1. The number of nitrogen functional groups attached to an aromatic ring is 1. The van der Waals surface area contributed by atoms with Crippen molar-refractivity contribution in [2.45, 2.75) is 53.0 Å². The number of carbonyl (C=O) groups excluding carboxylic acids is 1. The van der Waals surface area contributed by atoms with Crippen molar-refractivity contribution < 1.29 is 4.79 Å². The summed E-state index contributed by atoms with van der Waals surface area (Å²) in [6.45, 7) is 8.68. The van der Waals surface area contributed by atoms with Gasteiger partial charge in [0, 0.05) is 11.7 Å². The van der Waals surface area contributed by atoms with Crippen molar-refractivity contribution in [2.24, 2.45) is 16.7 Å². The molecule has 3 unspecified atom stereocenters. The summed E-state index contributed by atoms with van der Waals surface area (Å²) < 4.78 is 0. The van der Waals surface area contributed by atoms with E-state index in [1.807, 2.05) is 6.92 Å². The van der Waals surface area contributed by atoms with E-state index in [4.69, 9.17) is 5.73 Å². The summed E-state index contributed by atoms with van der Waals surface area (Å²) in [6.07, 6.45) is 3.69. The van der Waals surface area contributed by atoms with Crippen LogP contribution >= 0.6 is 0 Å². The molecule has 3 atom stereocenters. The van der Waals surface area contributed by atoms with E-state index in [0.29, 0.717) is 11.5 Å². The van der Waals surface area contributed by atoms with Gasteiger partial charge in [0.25, 0.3) is 5.91 Å². The molecule has 2 saturated carbocycles. The molecule has 5 heteroatoms. The van der Waals surface area contributed by atoms with Gasteiger partial charge < -0.3 is 11.1 Å². The lowest BCUT2D eigenvalue weighted by Gasteiger charge is -2.43. The predicted octanol–water partition coefficient (Wildman–Crippen LogP) is 2.24. The molecule has 1 aromatic rings. The number of hydrogen-bond donors (Lipinski definition) is 3. The van der Waals surface area contributed by atoms with E-state index in [-0.39, 0.29) is 28.6 Å². The lowest BCUT2D eigenvalue weighted by molar-refractivity contribution is 0.0738. The molecule has 0 saturated heterocycles. The van der Waals surface area contributed by atoms with Gasteiger partial charge in [0.2, 0.25) is 0 Å². The van der Waals surface area contributed by atoms with Crippen LogP contribution in [-0.2, 0) is 0 Å². The van der Waals surface area contributed by atoms with E-state index >= 15 is 0 Å². The Labute approximate surface area is 119 Å². The van der Waals surface area contributed by atoms with E-state index in [1.165, 1.54) is 19.3 Å². The normalized spacial score (nSPS) is 34.4. The van der Waals surface area contributed by atoms with Crippen LogP contribution in [0.15, 0.2) is 0 Å². The van der Waals surface area contributed by atoms with Gasteiger partial charge in [-0.3, -0.25) is 9.89 Å². The molecular formula is C15H24N4O. The fraction of sp³-hybridized carbons (Fsp3) is 0.733.